The van der Waals surface area contributed by atoms with E-state index in [1.54, 1.807) is 11.0 Å². The van der Waals surface area contributed by atoms with E-state index in [4.69, 9.17) is 4.74 Å². The van der Waals surface area contributed by atoms with Crippen LogP contribution >= 0.6 is 0 Å². The number of amides is 1. The Kier molecular flexibility index (Phi) is 4.27. The van der Waals surface area contributed by atoms with Gasteiger partial charge in [-0.3, -0.25) is 4.79 Å². The highest BCUT2D eigenvalue weighted by Crippen LogP contribution is 2.32. The van der Waals surface area contributed by atoms with Crippen LogP contribution < -0.4 is 4.90 Å². The second-order valence-corrected chi connectivity index (χ2v) is 5.88. The van der Waals surface area contributed by atoms with E-state index in [1.165, 1.54) is 25.5 Å². The molecule has 4 nitrogen and oxygen atoms in total. The van der Waals surface area contributed by atoms with Crippen molar-refractivity contribution in [3.8, 4) is 0 Å². The van der Waals surface area contributed by atoms with Gasteiger partial charge in [0.05, 0.1) is 12.7 Å². The highest BCUT2D eigenvalue weighted by Gasteiger charge is 2.24. The van der Waals surface area contributed by atoms with Crippen LogP contribution in [0.15, 0.2) is 24.3 Å². The summed E-state index contributed by atoms with van der Waals surface area (Å²) < 4.78 is 4.86. The molecular formula is C18H21NO3. The van der Waals surface area contributed by atoms with E-state index < -0.39 is 0 Å². The first-order valence-electron chi connectivity index (χ1n) is 7.92. The van der Waals surface area contributed by atoms with E-state index >= 15 is 0 Å². The molecule has 1 heterocycles. The molecule has 22 heavy (non-hydrogen) atoms. The summed E-state index contributed by atoms with van der Waals surface area (Å²) >= 11 is 0. The van der Waals surface area contributed by atoms with Gasteiger partial charge in [0.15, 0.2) is 0 Å². The van der Waals surface area contributed by atoms with Gasteiger partial charge >= 0.3 is 5.97 Å². The number of esters is 1. The number of hydrogen-bond acceptors (Lipinski definition) is 3. The van der Waals surface area contributed by atoms with E-state index in [0.29, 0.717) is 12.0 Å². The molecule has 0 bridgehead atoms. The summed E-state index contributed by atoms with van der Waals surface area (Å²) in [7, 11) is 1.38. The summed E-state index contributed by atoms with van der Waals surface area (Å²) in [4.78, 5) is 25.7. The zero-order chi connectivity index (χ0) is 15.5. The molecule has 4 heteroatoms. The fourth-order valence-electron chi connectivity index (χ4n) is 3.21. The molecule has 2 aliphatic rings. The van der Waals surface area contributed by atoms with E-state index in [0.717, 1.165) is 37.1 Å². The maximum atomic E-state index is 12.0. The molecule has 0 radical (unpaired) electrons. The molecule has 1 fully saturated rings. The minimum Gasteiger partial charge on any atom is -0.465 e. The Hall–Kier alpha value is -2.10. The maximum absolute atomic E-state index is 12.0. The monoisotopic (exact) mass is 299 g/mol. The molecule has 0 saturated carbocycles. The molecular weight excluding hydrogens is 278 g/mol. The number of rotatable bonds is 3. The Morgan fingerprint density at radius 3 is 2.64 bits per heavy atom. The highest BCUT2D eigenvalue weighted by molar-refractivity contribution is 5.98. The molecule has 0 unspecified atom stereocenters. The summed E-state index contributed by atoms with van der Waals surface area (Å²) in [5.74, 6) is -0.225. The van der Waals surface area contributed by atoms with Crippen molar-refractivity contribution < 1.29 is 14.3 Å². The van der Waals surface area contributed by atoms with Crippen molar-refractivity contribution in [2.24, 2.45) is 0 Å². The summed E-state index contributed by atoms with van der Waals surface area (Å²) in [5, 5.41) is 0. The second kappa shape index (κ2) is 6.34. The molecule has 0 atom stereocenters. The minimum absolute atomic E-state index is 0.130. The van der Waals surface area contributed by atoms with Crippen LogP contribution in [0.3, 0.4) is 0 Å². The molecule has 1 saturated heterocycles. The third kappa shape index (κ3) is 2.91. The van der Waals surface area contributed by atoms with Gasteiger partial charge in [0.25, 0.3) is 0 Å². The van der Waals surface area contributed by atoms with Gasteiger partial charge in [-0.05, 0) is 61.4 Å². The van der Waals surface area contributed by atoms with Crippen molar-refractivity contribution in [3.63, 3.8) is 0 Å². The molecule has 1 amide bonds. The van der Waals surface area contributed by atoms with Crippen molar-refractivity contribution in [1.29, 1.82) is 0 Å². The zero-order valence-corrected chi connectivity index (χ0v) is 12.9. The molecule has 0 aromatic heterocycles. The molecule has 3 rings (SSSR count). The lowest BCUT2D eigenvalue weighted by molar-refractivity contribution is -0.117. The summed E-state index contributed by atoms with van der Waals surface area (Å²) in [6, 6.07) is 5.68. The summed E-state index contributed by atoms with van der Waals surface area (Å²) in [5.41, 5.74) is 3.63. The number of allylic oxidation sites excluding steroid dienone is 2. The van der Waals surface area contributed by atoms with E-state index in [2.05, 4.69) is 6.08 Å². The first-order chi connectivity index (χ1) is 10.7. The van der Waals surface area contributed by atoms with Crippen LogP contribution in [-0.4, -0.2) is 25.5 Å². The summed E-state index contributed by atoms with van der Waals surface area (Å²) in [6.07, 6.45) is 8.20. The Morgan fingerprint density at radius 2 is 2.00 bits per heavy atom. The van der Waals surface area contributed by atoms with Gasteiger partial charge in [0, 0.05) is 18.7 Å². The molecule has 1 aromatic rings. The van der Waals surface area contributed by atoms with Gasteiger partial charge in [0.2, 0.25) is 5.91 Å². The number of benzene rings is 1. The Morgan fingerprint density at radius 1 is 1.14 bits per heavy atom. The SMILES string of the molecule is COC(=O)c1cc(C2=CCCCC2)cc(N2CCCC2=O)c1. The van der Waals surface area contributed by atoms with Crippen LogP contribution in [0, 0.1) is 0 Å². The predicted molar refractivity (Wildman–Crippen MR) is 85.8 cm³/mol. The minimum atomic E-state index is -0.355. The van der Waals surface area contributed by atoms with Crippen LogP contribution in [0.4, 0.5) is 5.69 Å². The maximum Gasteiger partial charge on any atom is 0.337 e. The second-order valence-electron chi connectivity index (χ2n) is 5.88. The number of nitrogens with zero attached hydrogens (tertiary/aromatic N) is 1. The lowest BCUT2D eigenvalue weighted by Gasteiger charge is -2.20. The van der Waals surface area contributed by atoms with Crippen LogP contribution in [0.1, 0.15) is 54.4 Å². The number of carbonyl (C=O) groups is 2. The van der Waals surface area contributed by atoms with E-state index in [1.807, 2.05) is 12.1 Å². The van der Waals surface area contributed by atoms with Gasteiger partial charge in [-0.15, -0.1) is 0 Å². The molecule has 116 valence electrons. The van der Waals surface area contributed by atoms with Gasteiger partial charge in [-0.1, -0.05) is 6.08 Å². The molecule has 0 spiro atoms. The van der Waals surface area contributed by atoms with Gasteiger partial charge < -0.3 is 9.64 Å². The number of carbonyl (C=O) groups excluding carboxylic acids is 2. The van der Waals surface area contributed by atoms with Crippen LogP contribution in [0.25, 0.3) is 5.57 Å². The fourth-order valence-corrected chi connectivity index (χ4v) is 3.21. The summed E-state index contributed by atoms with van der Waals surface area (Å²) in [6.45, 7) is 0.724. The predicted octanol–water partition coefficient (Wildman–Crippen LogP) is 3.56. The standard InChI is InChI=1S/C18H21NO3/c1-22-18(21)15-10-14(13-6-3-2-4-7-13)11-16(12-15)19-9-5-8-17(19)20/h6,10-12H,2-5,7-9H2,1H3. The lowest BCUT2D eigenvalue weighted by atomic mass is 9.92. The molecule has 0 N–H and O–H groups in total. The molecule has 1 aliphatic carbocycles. The zero-order valence-electron chi connectivity index (χ0n) is 12.9. The van der Waals surface area contributed by atoms with Gasteiger partial charge in [-0.25, -0.2) is 4.79 Å². The van der Waals surface area contributed by atoms with Crippen LogP contribution in [0.2, 0.25) is 0 Å². The first kappa shape index (κ1) is 14.8. The van der Waals surface area contributed by atoms with Crippen molar-refractivity contribution in [3.05, 3.63) is 35.4 Å². The van der Waals surface area contributed by atoms with E-state index in [-0.39, 0.29) is 11.9 Å². The smallest absolute Gasteiger partial charge is 0.337 e. The Balaban J connectivity index is 2.03. The van der Waals surface area contributed by atoms with Crippen molar-refractivity contribution in [1.82, 2.24) is 0 Å². The number of hydrogen-bond donors (Lipinski definition) is 0. The van der Waals surface area contributed by atoms with Crippen molar-refractivity contribution in [2.45, 2.75) is 38.5 Å². The van der Waals surface area contributed by atoms with Gasteiger partial charge in [0.1, 0.15) is 0 Å². The van der Waals surface area contributed by atoms with Crippen LogP contribution in [-0.2, 0) is 9.53 Å². The third-order valence-electron chi connectivity index (χ3n) is 4.39. The third-order valence-corrected chi connectivity index (χ3v) is 4.39. The van der Waals surface area contributed by atoms with Crippen LogP contribution in [0.5, 0.6) is 0 Å². The highest BCUT2D eigenvalue weighted by atomic mass is 16.5. The lowest BCUT2D eigenvalue weighted by Crippen LogP contribution is -2.24. The molecule has 1 aliphatic heterocycles. The number of anilines is 1. The quantitative estimate of drug-likeness (QED) is 0.802. The number of ether oxygens (including phenoxy) is 1. The topological polar surface area (TPSA) is 46.6 Å². The fraction of sp³-hybridized carbons (Fsp3) is 0.444. The first-order valence-corrected chi connectivity index (χ1v) is 7.92. The Labute approximate surface area is 130 Å². The van der Waals surface area contributed by atoms with E-state index in [9.17, 15) is 9.59 Å². The number of methoxy groups -OCH3 is 1. The van der Waals surface area contributed by atoms with Crippen molar-refractivity contribution >= 4 is 23.1 Å². The van der Waals surface area contributed by atoms with Crippen molar-refractivity contribution in [2.75, 3.05) is 18.6 Å². The largest absolute Gasteiger partial charge is 0.465 e. The Bertz CT molecular complexity index is 633. The molecule has 1 aromatic carbocycles. The van der Waals surface area contributed by atoms with Gasteiger partial charge in [-0.2, -0.15) is 0 Å². The normalized spacial score (nSPS) is 18.3. The average Bonchev–Trinajstić information content (AvgIpc) is 3.00. The average molecular weight is 299 g/mol.